The molecule has 1 unspecified atom stereocenters. The van der Waals surface area contributed by atoms with Crippen molar-refractivity contribution in [2.24, 2.45) is 5.92 Å². The van der Waals surface area contributed by atoms with E-state index in [1.807, 2.05) is 16.8 Å². The van der Waals surface area contributed by atoms with E-state index in [9.17, 15) is 27.6 Å². The zero-order valence-electron chi connectivity index (χ0n) is 30.6. The SMILES string of the molecule is C=CC[C@H](NC(=O)C(Cc1ccccc1)NS(=O)(=O)N1CCN(C)CC1)C(=O)N[C@@H](CC1CCCCC1)C(=O)C(F)(F)C(=O)NCCN1CCOCC1. The van der Waals surface area contributed by atoms with Crippen molar-refractivity contribution >= 4 is 33.7 Å². The molecule has 0 aromatic heterocycles. The molecule has 3 amide bonds. The normalized spacial score (nSPS) is 20.1. The summed E-state index contributed by atoms with van der Waals surface area (Å²) in [5, 5.41) is 7.17. The average molecular weight is 768 g/mol. The molecule has 0 radical (unpaired) electrons. The summed E-state index contributed by atoms with van der Waals surface area (Å²) in [4.78, 5) is 57.7. The summed E-state index contributed by atoms with van der Waals surface area (Å²) in [6.07, 6.45) is 5.08. The molecule has 296 valence electrons. The number of hydrogen-bond acceptors (Lipinski definition) is 9. The van der Waals surface area contributed by atoms with Crippen molar-refractivity contribution in [1.29, 1.82) is 0 Å². The van der Waals surface area contributed by atoms with Crippen LogP contribution in [-0.2, 0) is 40.5 Å². The molecule has 1 aliphatic carbocycles. The molecule has 3 aliphatic rings. The summed E-state index contributed by atoms with van der Waals surface area (Å²) in [6, 6.07) is 4.30. The summed E-state index contributed by atoms with van der Waals surface area (Å²) < 4.78 is 66.9. The van der Waals surface area contributed by atoms with Crippen molar-refractivity contribution < 1.29 is 41.1 Å². The Morgan fingerprint density at radius 1 is 0.925 bits per heavy atom. The Balaban J connectivity index is 1.48. The van der Waals surface area contributed by atoms with E-state index in [4.69, 9.17) is 4.74 Å². The summed E-state index contributed by atoms with van der Waals surface area (Å²) >= 11 is 0. The van der Waals surface area contributed by atoms with Gasteiger partial charge in [-0.2, -0.15) is 26.2 Å². The summed E-state index contributed by atoms with van der Waals surface area (Å²) in [5.74, 6) is -9.80. The summed E-state index contributed by atoms with van der Waals surface area (Å²) in [5.41, 5.74) is 0.655. The van der Waals surface area contributed by atoms with Crippen LogP contribution in [0.1, 0.15) is 50.5 Å². The Kier molecular flexibility index (Phi) is 16.3. The number of carbonyl (C=O) groups excluding carboxylic acids is 4. The number of Topliss-reactive ketones (excluding diaryl/α,β-unsaturated/α-hetero) is 1. The number of nitrogens with zero attached hydrogens (tertiary/aromatic N) is 3. The number of ether oxygens (including phenoxy) is 1. The van der Waals surface area contributed by atoms with Gasteiger partial charge in [-0.05, 0) is 37.8 Å². The van der Waals surface area contributed by atoms with Gasteiger partial charge in [0.05, 0.1) is 19.3 Å². The summed E-state index contributed by atoms with van der Waals surface area (Å²) in [7, 11) is -2.24. The minimum Gasteiger partial charge on any atom is -0.379 e. The van der Waals surface area contributed by atoms with E-state index in [0.717, 1.165) is 19.3 Å². The quantitative estimate of drug-likeness (QED) is 0.118. The van der Waals surface area contributed by atoms with Gasteiger partial charge in [-0.1, -0.05) is 68.5 Å². The third-order valence-electron chi connectivity index (χ3n) is 10.1. The zero-order chi connectivity index (χ0) is 38.4. The second kappa shape index (κ2) is 20.4. The van der Waals surface area contributed by atoms with Gasteiger partial charge in [-0.25, -0.2) is 0 Å². The Bertz CT molecular complexity index is 1480. The Labute approximate surface area is 311 Å². The largest absolute Gasteiger partial charge is 0.383 e. The lowest BCUT2D eigenvalue weighted by Crippen LogP contribution is -2.60. The van der Waals surface area contributed by atoms with Gasteiger partial charge >= 0.3 is 5.92 Å². The maximum Gasteiger partial charge on any atom is 0.383 e. The fourth-order valence-electron chi connectivity index (χ4n) is 6.84. The summed E-state index contributed by atoms with van der Waals surface area (Å²) in [6.45, 7) is 7.51. The highest BCUT2D eigenvalue weighted by Gasteiger charge is 2.51. The first kappa shape index (κ1) is 42.4. The number of morpholine rings is 1. The lowest BCUT2D eigenvalue weighted by atomic mass is 9.83. The van der Waals surface area contributed by atoms with Crippen molar-refractivity contribution in [3.63, 3.8) is 0 Å². The van der Waals surface area contributed by atoms with Crippen LogP contribution in [0.4, 0.5) is 8.78 Å². The lowest BCUT2D eigenvalue weighted by Gasteiger charge is -2.33. The number of hydrogen-bond donors (Lipinski definition) is 4. The van der Waals surface area contributed by atoms with Crippen LogP contribution in [0.5, 0.6) is 0 Å². The number of amides is 3. The second-order valence-corrected chi connectivity index (χ2v) is 15.8. The number of alkyl halides is 2. The van der Waals surface area contributed by atoms with E-state index in [-0.39, 0.29) is 44.8 Å². The second-order valence-electron chi connectivity index (χ2n) is 14.1. The van der Waals surface area contributed by atoms with Crippen molar-refractivity contribution in [3.05, 3.63) is 48.6 Å². The number of piperazine rings is 1. The molecule has 1 saturated carbocycles. The fourth-order valence-corrected chi connectivity index (χ4v) is 8.19. The first-order valence-corrected chi connectivity index (χ1v) is 20.0. The van der Waals surface area contributed by atoms with Gasteiger partial charge in [0.1, 0.15) is 12.1 Å². The average Bonchev–Trinajstić information content (AvgIpc) is 3.15. The smallest absolute Gasteiger partial charge is 0.379 e. The van der Waals surface area contributed by atoms with Crippen LogP contribution in [0.25, 0.3) is 0 Å². The van der Waals surface area contributed by atoms with Crippen molar-refractivity contribution in [1.82, 2.24) is 34.8 Å². The Hall–Kier alpha value is -3.35. The molecule has 1 aromatic rings. The first-order chi connectivity index (χ1) is 25.3. The van der Waals surface area contributed by atoms with Crippen LogP contribution >= 0.6 is 0 Å². The van der Waals surface area contributed by atoms with Gasteiger partial charge in [-0.15, -0.1) is 6.58 Å². The highest BCUT2D eigenvalue weighted by atomic mass is 32.2. The van der Waals surface area contributed by atoms with Gasteiger partial charge < -0.3 is 25.6 Å². The van der Waals surface area contributed by atoms with Crippen molar-refractivity contribution in [2.75, 3.05) is 72.6 Å². The van der Waals surface area contributed by atoms with Gasteiger partial charge in [-0.3, -0.25) is 24.1 Å². The van der Waals surface area contributed by atoms with Crippen LogP contribution in [0.3, 0.4) is 0 Å². The third-order valence-corrected chi connectivity index (χ3v) is 11.7. The number of rotatable bonds is 19. The maximum atomic E-state index is 15.5. The monoisotopic (exact) mass is 767 g/mol. The van der Waals surface area contributed by atoms with E-state index < -0.39 is 57.8 Å². The van der Waals surface area contributed by atoms with E-state index in [1.165, 1.54) is 10.4 Å². The lowest BCUT2D eigenvalue weighted by molar-refractivity contribution is -0.160. The molecular weight excluding hydrogens is 713 g/mol. The van der Waals surface area contributed by atoms with Crippen LogP contribution in [0.15, 0.2) is 43.0 Å². The minimum atomic E-state index is -4.43. The molecule has 0 spiro atoms. The molecule has 3 atom stereocenters. The highest BCUT2D eigenvalue weighted by molar-refractivity contribution is 7.87. The van der Waals surface area contributed by atoms with E-state index in [0.29, 0.717) is 64.3 Å². The topological polar surface area (TPSA) is 169 Å². The molecule has 53 heavy (non-hydrogen) atoms. The molecule has 2 aliphatic heterocycles. The fraction of sp³-hybridized carbons (Fsp3) is 0.667. The maximum absolute atomic E-state index is 15.5. The van der Waals surface area contributed by atoms with Crippen molar-refractivity contribution in [2.45, 2.75) is 75.4 Å². The number of likely N-dealkylation sites (N-methyl/N-ethyl adjacent to an activating group) is 1. The number of ketones is 1. The Morgan fingerprint density at radius 3 is 2.19 bits per heavy atom. The van der Waals surface area contributed by atoms with Crippen LogP contribution in [-0.4, -0.2) is 143 Å². The third kappa shape index (κ3) is 12.9. The predicted octanol–water partition coefficient (Wildman–Crippen LogP) is 0.848. The van der Waals surface area contributed by atoms with Gasteiger partial charge in [0.25, 0.3) is 16.1 Å². The molecule has 14 nitrogen and oxygen atoms in total. The molecule has 1 aromatic carbocycles. The highest BCUT2D eigenvalue weighted by Crippen LogP contribution is 2.29. The molecule has 2 heterocycles. The van der Waals surface area contributed by atoms with Crippen LogP contribution in [0.2, 0.25) is 0 Å². The van der Waals surface area contributed by atoms with Gasteiger partial charge in [0.15, 0.2) is 0 Å². The molecular formula is C36H55F2N7O7S. The van der Waals surface area contributed by atoms with Crippen LogP contribution < -0.4 is 20.7 Å². The number of benzene rings is 1. The molecule has 0 bridgehead atoms. The van der Waals surface area contributed by atoms with E-state index >= 15 is 8.78 Å². The molecule has 3 fully saturated rings. The standard InChI is InChI=1S/C36H55F2N7O7S/c1-3-10-29(40-34(48)31(26-28-13-8-5-9-14-28)42-53(50,51)45-19-17-43(2)18-20-45)33(47)41-30(25-27-11-6-4-7-12-27)32(46)36(37,38)35(49)39-15-16-44-21-23-52-24-22-44/h3,5,8-9,13-14,27,29-31,42H,1,4,6-7,10-12,15-26H2,2H3,(H,39,49)(H,40,48)(H,41,47)/t29-,30-,31?/m0/s1. The number of nitrogens with one attached hydrogen (secondary N) is 4. The Morgan fingerprint density at radius 2 is 1.55 bits per heavy atom. The first-order valence-electron chi connectivity index (χ1n) is 18.5. The van der Waals surface area contributed by atoms with E-state index in [2.05, 4.69) is 27.3 Å². The molecule has 4 N–H and O–H groups in total. The molecule has 2 saturated heterocycles. The van der Waals surface area contributed by atoms with Crippen LogP contribution in [0, 0.1) is 5.92 Å². The minimum absolute atomic E-state index is 0.0439. The van der Waals surface area contributed by atoms with Gasteiger partial charge in [0.2, 0.25) is 17.6 Å². The predicted molar refractivity (Wildman–Crippen MR) is 195 cm³/mol. The van der Waals surface area contributed by atoms with Gasteiger partial charge in [0, 0.05) is 52.4 Å². The molecule has 17 heteroatoms. The van der Waals surface area contributed by atoms with E-state index in [1.54, 1.807) is 30.3 Å². The number of halogens is 2. The number of carbonyl (C=O) groups is 4. The van der Waals surface area contributed by atoms with Crippen molar-refractivity contribution in [3.8, 4) is 0 Å². The zero-order valence-corrected chi connectivity index (χ0v) is 31.4. The molecule has 4 rings (SSSR count).